The SMILES string of the molecule is CCCCCCCc1[nH]cnc1CCCNC(=N)NC(N)=O. The summed E-state index contributed by atoms with van der Waals surface area (Å²) in [6.07, 6.45) is 10.8. The van der Waals surface area contributed by atoms with Crippen LogP contribution in [0.3, 0.4) is 0 Å². The standard InChI is InChI=1S/C15H28N6O/c1-2-3-4-5-6-8-12-13(20-11-19-12)9-7-10-18-14(16)21-15(17)22/h11H,2-10H2,1H3,(H,19,20)(H5,16,17,18,21,22). The minimum absolute atomic E-state index is 0.0642. The number of aromatic nitrogens is 2. The highest BCUT2D eigenvalue weighted by molar-refractivity contribution is 5.93. The van der Waals surface area contributed by atoms with Gasteiger partial charge in [0.25, 0.3) is 0 Å². The lowest BCUT2D eigenvalue weighted by Crippen LogP contribution is -2.43. The van der Waals surface area contributed by atoms with Gasteiger partial charge in [-0.25, -0.2) is 9.78 Å². The van der Waals surface area contributed by atoms with Crippen LogP contribution in [0.4, 0.5) is 4.79 Å². The number of imidazole rings is 1. The summed E-state index contributed by atoms with van der Waals surface area (Å²) in [5, 5.41) is 12.4. The van der Waals surface area contributed by atoms with Gasteiger partial charge in [-0.1, -0.05) is 32.6 Å². The number of nitrogens with one attached hydrogen (secondary N) is 4. The molecule has 124 valence electrons. The molecule has 0 unspecified atom stereocenters. The van der Waals surface area contributed by atoms with Gasteiger partial charge in [0.2, 0.25) is 0 Å². The van der Waals surface area contributed by atoms with Crippen molar-refractivity contribution in [3.05, 3.63) is 17.7 Å². The molecule has 0 aliphatic heterocycles. The van der Waals surface area contributed by atoms with Gasteiger partial charge in [-0.15, -0.1) is 0 Å². The van der Waals surface area contributed by atoms with Crippen LogP contribution in [0.5, 0.6) is 0 Å². The first-order valence-corrected chi connectivity index (χ1v) is 8.03. The number of urea groups is 1. The number of carbonyl (C=O) groups excluding carboxylic acids is 1. The van der Waals surface area contributed by atoms with Crippen molar-refractivity contribution in [3.63, 3.8) is 0 Å². The monoisotopic (exact) mass is 308 g/mol. The molecule has 0 atom stereocenters. The molecule has 22 heavy (non-hydrogen) atoms. The van der Waals surface area contributed by atoms with E-state index in [0.29, 0.717) is 6.54 Å². The van der Waals surface area contributed by atoms with Crippen molar-refractivity contribution in [2.45, 2.75) is 58.3 Å². The van der Waals surface area contributed by atoms with E-state index in [1.54, 1.807) is 6.33 Å². The van der Waals surface area contributed by atoms with Gasteiger partial charge in [0.05, 0.1) is 12.0 Å². The first-order chi connectivity index (χ1) is 10.6. The molecule has 2 amide bonds. The third-order valence-corrected chi connectivity index (χ3v) is 3.48. The Labute approximate surface area is 132 Å². The molecule has 0 aliphatic rings. The smallest absolute Gasteiger partial charge is 0.318 e. The van der Waals surface area contributed by atoms with Crippen molar-refractivity contribution in [3.8, 4) is 0 Å². The average molecular weight is 308 g/mol. The van der Waals surface area contributed by atoms with Crippen LogP contribution in [-0.4, -0.2) is 28.5 Å². The predicted molar refractivity (Wildman–Crippen MR) is 87.8 cm³/mol. The first kappa shape index (κ1) is 18.0. The molecule has 1 aromatic heterocycles. The van der Waals surface area contributed by atoms with Gasteiger partial charge in [0.15, 0.2) is 5.96 Å². The summed E-state index contributed by atoms with van der Waals surface area (Å²) in [6.45, 7) is 2.82. The Bertz CT molecular complexity index is 457. The summed E-state index contributed by atoms with van der Waals surface area (Å²) in [4.78, 5) is 18.2. The quantitative estimate of drug-likeness (QED) is 0.258. The van der Waals surface area contributed by atoms with Crippen molar-refractivity contribution in [2.24, 2.45) is 5.73 Å². The summed E-state index contributed by atoms with van der Waals surface area (Å²) in [7, 11) is 0. The van der Waals surface area contributed by atoms with E-state index in [1.807, 2.05) is 0 Å². The molecule has 0 radical (unpaired) electrons. The van der Waals surface area contributed by atoms with Gasteiger partial charge in [-0.05, 0) is 25.7 Å². The second-order valence-corrected chi connectivity index (χ2v) is 5.39. The van der Waals surface area contributed by atoms with Crippen LogP contribution >= 0.6 is 0 Å². The summed E-state index contributed by atoms with van der Waals surface area (Å²) in [5.74, 6) is -0.0642. The van der Waals surface area contributed by atoms with Crippen LogP contribution in [0.2, 0.25) is 0 Å². The fraction of sp³-hybridized carbons (Fsp3) is 0.667. The van der Waals surface area contributed by atoms with Crippen LogP contribution < -0.4 is 16.4 Å². The van der Waals surface area contributed by atoms with Crippen LogP contribution in [0.15, 0.2) is 6.33 Å². The zero-order valence-electron chi connectivity index (χ0n) is 13.4. The largest absolute Gasteiger partial charge is 0.356 e. The molecule has 0 fully saturated rings. The van der Waals surface area contributed by atoms with E-state index in [1.165, 1.54) is 37.8 Å². The molecule has 6 N–H and O–H groups in total. The zero-order valence-corrected chi connectivity index (χ0v) is 13.4. The number of primary amides is 1. The van der Waals surface area contributed by atoms with Gasteiger partial charge in [0, 0.05) is 12.2 Å². The van der Waals surface area contributed by atoms with Gasteiger partial charge < -0.3 is 16.0 Å². The molecule has 1 rings (SSSR count). The lowest BCUT2D eigenvalue weighted by molar-refractivity contribution is 0.253. The van der Waals surface area contributed by atoms with E-state index in [0.717, 1.165) is 25.0 Å². The molecule has 0 aliphatic carbocycles. The minimum atomic E-state index is -0.727. The number of hydrogen-bond acceptors (Lipinski definition) is 3. The number of H-pyrrole nitrogens is 1. The Morgan fingerprint density at radius 2 is 2.05 bits per heavy atom. The summed E-state index contributed by atoms with van der Waals surface area (Å²) in [5.41, 5.74) is 7.25. The number of rotatable bonds is 10. The number of guanidine groups is 1. The number of amides is 2. The maximum atomic E-state index is 10.6. The number of aryl methyl sites for hydroxylation is 2. The van der Waals surface area contributed by atoms with Crippen LogP contribution in [-0.2, 0) is 12.8 Å². The van der Waals surface area contributed by atoms with Crippen molar-refractivity contribution >= 4 is 12.0 Å². The molecule has 0 bridgehead atoms. The lowest BCUT2D eigenvalue weighted by atomic mass is 10.1. The third kappa shape index (κ3) is 7.66. The Morgan fingerprint density at radius 1 is 1.27 bits per heavy atom. The van der Waals surface area contributed by atoms with E-state index in [-0.39, 0.29) is 5.96 Å². The molecule has 0 saturated carbocycles. The van der Waals surface area contributed by atoms with Crippen LogP contribution in [0, 0.1) is 5.41 Å². The molecule has 7 nitrogen and oxygen atoms in total. The molecule has 0 saturated heterocycles. The summed E-state index contributed by atoms with van der Waals surface area (Å²) >= 11 is 0. The topological polar surface area (TPSA) is 120 Å². The maximum Gasteiger partial charge on any atom is 0.318 e. The van der Waals surface area contributed by atoms with E-state index in [2.05, 4.69) is 27.5 Å². The molecule has 0 aromatic carbocycles. The first-order valence-electron chi connectivity index (χ1n) is 8.03. The Morgan fingerprint density at radius 3 is 2.77 bits per heavy atom. The molecule has 7 heteroatoms. The summed E-state index contributed by atoms with van der Waals surface area (Å²) in [6, 6.07) is -0.727. The Kier molecular flexibility index (Phi) is 8.71. The fourth-order valence-electron chi connectivity index (χ4n) is 2.32. The molecular formula is C15H28N6O. The highest BCUT2D eigenvalue weighted by atomic mass is 16.2. The zero-order chi connectivity index (χ0) is 16.2. The third-order valence-electron chi connectivity index (χ3n) is 3.48. The van der Waals surface area contributed by atoms with E-state index >= 15 is 0 Å². The van der Waals surface area contributed by atoms with E-state index < -0.39 is 6.03 Å². The van der Waals surface area contributed by atoms with Gasteiger partial charge in [-0.2, -0.15) is 0 Å². The molecular weight excluding hydrogens is 280 g/mol. The number of unbranched alkanes of at least 4 members (excludes halogenated alkanes) is 4. The number of nitrogens with zero attached hydrogens (tertiary/aromatic N) is 1. The fourth-order valence-corrected chi connectivity index (χ4v) is 2.32. The second-order valence-electron chi connectivity index (χ2n) is 5.39. The molecule has 1 heterocycles. The van der Waals surface area contributed by atoms with Gasteiger partial charge in [0.1, 0.15) is 0 Å². The number of carbonyl (C=O) groups is 1. The van der Waals surface area contributed by atoms with Crippen LogP contribution in [0.1, 0.15) is 56.8 Å². The highest BCUT2D eigenvalue weighted by Gasteiger charge is 2.06. The van der Waals surface area contributed by atoms with Gasteiger partial charge >= 0.3 is 6.03 Å². The number of aromatic amines is 1. The van der Waals surface area contributed by atoms with Crippen molar-refractivity contribution in [2.75, 3.05) is 6.54 Å². The molecule has 0 spiro atoms. The van der Waals surface area contributed by atoms with E-state index in [9.17, 15) is 4.79 Å². The molecule has 1 aromatic rings. The lowest BCUT2D eigenvalue weighted by Gasteiger charge is -2.07. The normalized spacial score (nSPS) is 10.4. The predicted octanol–water partition coefficient (Wildman–Crippen LogP) is 2.05. The van der Waals surface area contributed by atoms with Crippen molar-refractivity contribution < 1.29 is 4.79 Å². The summed E-state index contributed by atoms with van der Waals surface area (Å²) < 4.78 is 0. The second kappa shape index (κ2) is 10.6. The average Bonchev–Trinajstić information content (AvgIpc) is 2.90. The van der Waals surface area contributed by atoms with Gasteiger partial charge in [-0.3, -0.25) is 10.7 Å². The maximum absolute atomic E-state index is 10.6. The number of hydrogen-bond donors (Lipinski definition) is 5. The van der Waals surface area contributed by atoms with E-state index in [4.69, 9.17) is 11.1 Å². The Hall–Kier alpha value is -2.05. The van der Waals surface area contributed by atoms with Crippen molar-refractivity contribution in [1.29, 1.82) is 5.41 Å². The Balaban J connectivity index is 2.19. The highest BCUT2D eigenvalue weighted by Crippen LogP contribution is 2.11. The minimum Gasteiger partial charge on any atom is -0.356 e. The van der Waals surface area contributed by atoms with Crippen LogP contribution in [0.25, 0.3) is 0 Å². The number of nitrogens with two attached hydrogens (primary N) is 1. The van der Waals surface area contributed by atoms with Crippen molar-refractivity contribution in [1.82, 2.24) is 20.6 Å².